The highest BCUT2D eigenvalue weighted by molar-refractivity contribution is 9.10. The third kappa shape index (κ3) is 2.79. The Labute approximate surface area is 92.8 Å². The van der Waals surface area contributed by atoms with Crippen molar-refractivity contribution < 1.29 is 4.39 Å². The van der Waals surface area contributed by atoms with Crippen LogP contribution in [-0.2, 0) is 12.2 Å². The summed E-state index contributed by atoms with van der Waals surface area (Å²) in [6, 6.07) is 5.72. The molecule has 0 unspecified atom stereocenters. The topological polar surface area (TPSA) is 12.0 Å². The lowest BCUT2D eigenvalue weighted by Gasteiger charge is -2.17. The van der Waals surface area contributed by atoms with Crippen molar-refractivity contribution in [3.05, 3.63) is 33.8 Å². The summed E-state index contributed by atoms with van der Waals surface area (Å²) in [4.78, 5) is 0. The first-order chi connectivity index (χ1) is 6.45. The van der Waals surface area contributed by atoms with Gasteiger partial charge in [0.1, 0.15) is 5.67 Å². The third-order valence-electron chi connectivity index (χ3n) is 2.05. The first-order valence-electron chi connectivity index (χ1n) is 4.57. The van der Waals surface area contributed by atoms with Gasteiger partial charge in [0.2, 0.25) is 0 Å². The van der Waals surface area contributed by atoms with E-state index in [0.717, 1.165) is 16.6 Å². The van der Waals surface area contributed by atoms with Crippen LogP contribution in [0.25, 0.3) is 0 Å². The molecule has 0 saturated heterocycles. The summed E-state index contributed by atoms with van der Waals surface area (Å²) >= 11 is 3.39. The van der Waals surface area contributed by atoms with E-state index < -0.39 is 5.67 Å². The number of rotatable bonds is 3. The van der Waals surface area contributed by atoms with E-state index in [4.69, 9.17) is 0 Å². The van der Waals surface area contributed by atoms with E-state index >= 15 is 0 Å². The van der Waals surface area contributed by atoms with E-state index in [1.54, 1.807) is 13.8 Å². The minimum absolute atomic E-state index is 0.692. The van der Waals surface area contributed by atoms with Crippen LogP contribution < -0.4 is 5.32 Å². The van der Waals surface area contributed by atoms with E-state index in [1.807, 2.05) is 25.2 Å². The van der Waals surface area contributed by atoms with Crippen molar-refractivity contribution in [2.24, 2.45) is 0 Å². The Kier molecular flexibility index (Phi) is 3.67. The van der Waals surface area contributed by atoms with Crippen molar-refractivity contribution in [1.29, 1.82) is 0 Å². The van der Waals surface area contributed by atoms with Gasteiger partial charge in [-0.1, -0.05) is 28.1 Å². The van der Waals surface area contributed by atoms with Gasteiger partial charge < -0.3 is 5.32 Å². The fourth-order valence-electron chi connectivity index (χ4n) is 1.35. The summed E-state index contributed by atoms with van der Waals surface area (Å²) in [6.45, 7) is 3.92. The fourth-order valence-corrected chi connectivity index (χ4v) is 2.25. The van der Waals surface area contributed by atoms with Crippen LogP contribution in [0.5, 0.6) is 0 Å². The largest absolute Gasteiger partial charge is 0.316 e. The number of hydrogen-bond acceptors (Lipinski definition) is 1. The maximum atomic E-state index is 13.7. The van der Waals surface area contributed by atoms with Gasteiger partial charge in [-0.2, -0.15) is 0 Å². The summed E-state index contributed by atoms with van der Waals surface area (Å²) in [7, 11) is 1.89. The highest BCUT2D eigenvalue weighted by Crippen LogP contribution is 2.31. The van der Waals surface area contributed by atoms with Crippen LogP contribution in [0.4, 0.5) is 4.39 Å². The zero-order chi connectivity index (χ0) is 10.8. The Morgan fingerprint density at radius 3 is 2.50 bits per heavy atom. The average Bonchev–Trinajstić information content (AvgIpc) is 2.02. The second-order valence-electron chi connectivity index (χ2n) is 3.82. The van der Waals surface area contributed by atoms with Gasteiger partial charge in [0, 0.05) is 16.6 Å². The highest BCUT2D eigenvalue weighted by Gasteiger charge is 2.21. The number of hydrogen-bond donors (Lipinski definition) is 1. The van der Waals surface area contributed by atoms with Gasteiger partial charge in [-0.25, -0.2) is 4.39 Å². The average molecular weight is 260 g/mol. The summed E-state index contributed by atoms with van der Waals surface area (Å²) in [5, 5.41) is 3.05. The Morgan fingerprint density at radius 2 is 2.07 bits per heavy atom. The Hall–Kier alpha value is -0.410. The molecule has 0 aliphatic rings. The van der Waals surface area contributed by atoms with Crippen LogP contribution >= 0.6 is 15.9 Å². The van der Waals surface area contributed by atoms with Gasteiger partial charge >= 0.3 is 0 Å². The van der Waals surface area contributed by atoms with Crippen molar-refractivity contribution in [3.63, 3.8) is 0 Å². The molecule has 1 aromatic carbocycles. The summed E-state index contributed by atoms with van der Waals surface area (Å²) < 4.78 is 14.5. The third-order valence-corrected chi connectivity index (χ3v) is 2.71. The van der Waals surface area contributed by atoms with Crippen molar-refractivity contribution >= 4 is 15.9 Å². The fraction of sp³-hybridized carbons (Fsp3) is 0.455. The molecule has 1 nitrogen and oxygen atoms in total. The maximum absolute atomic E-state index is 13.7. The van der Waals surface area contributed by atoms with Crippen LogP contribution in [0.3, 0.4) is 0 Å². The van der Waals surface area contributed by atoms with Crippen LogP contribution in [0.15, 0.2) is 22.7 Å². The first-order valence-corrected chi connectivity index (χ1v) is 5.37. The summed E-state index contributed by atoms with van der Waals surface area (Å²) in [5.74, 6) is 0. The lowest BCUT2D eigenvalue weighted by molar-refractivity contribution is 0.220. The van der Waals surface area contributed by atoms with Gasteiger partial charge in [-0.15, -0.1) is 0 Å². The molecule has 14 heavy (non-hydrogen) atoms. The van der Waals surface area contributed by atoms with Crippen LogP contribution in [0.1, 0.15) is 25.0 Å². The van der Waals surface area contributed by atoms with Gasteiger partial charge in [-0.05, 0) is 32.5 Å². The van der Waals surface area contributed by atoms with Gasteiger partial charge in [0.25, 0.3) is 0 Å². The maximum Gasteiger partial charge on any atom is 0.131 e. The Bertz CT molecular complexity index is 318. The molecule has 0 amide bonds. The first kappa shape index (κ1) is 11.7. The smallest absolute Gasteiger partial charge is 0.131 e. The molecule has 0 heterocycles. The molecule has 1 N–H and O–H groups in total. The molecule has 0 radical (unpaired) electrons. The zero-order valence-corrected chi connectivity index (χ0v) is 10.3. The monoisotopic (exact) mass is 259 g/mol. The lowest BCUT2D eigenvalue weighted by atomic mass is 9.99. The van der Waals surface area contributed by atoms with Gasteiger partial charge in [0.05, 0.1) is 0 Å². The molecule has 0 saturated carbocycles. The predicted octanol–water partition coefficient (Wildman–Crippen LogP) is 3.37. The van der Waals surface area contributed by atoms with Crippen LogP contribution in [0.2, 0.25) is 0 Å². The Balaban J connectivity index is 3.02. The summed E-state index contributed by atoms with van der Waals surface area (Å²) in [6.07, 6.45) is 0. The van der Waals surface area contributed by atoms with E-state index in [9.17, 15) is 4.39 Å². The number of benzene rings is 1. The molecule has 78 valence electrons. The van der Waals surface area contributed by atoms with E-state index in [1.165, 1.54) is 0 Å². The second kappa shape index (κ2) is 4.41. The quantitative estimate of drug-likeness (QED) is 0.878. The summed E-state index contributed by atoms with van der Waals surface area (Å²) in [5.41, 5.74) is 0.543. The van der Waals surface area contributed by atoms with Crippen molar-refractivity contribution in [2.45, 2.75) is 26.1 Å². The van der Waals surface area contributed by atoms with E-state index in [0.29, 0.717) is 5.56 Å². The minimum Gasteiger partial charge on any atom is -0.316 e. The molecule has 0 aromatic heterocycles. The molecule has 0 fully saturated rings. The van der Waals surface area contributed by atoms with E-state index in [-0.39, 0.29) is 0 Å². The number of alkyl halides is 1. The lowest BCUT2D eigenvalue weighted by Crippen LogP contribution is -2.11. The minimum atomic E-state index is -1.29. The molecule has 0 bridgehead atoms. The van der Waals surface area contributed by atoms with Crippen LogP contribution in [0, 0.1) is 0 Å². The van der Waals surface area contributed by atoms with Gasteiger partial charge in [-0.3, -0.25) is 0 Å². The predicted molar refractivity (Wildman–Crippen MR) is 61.0 cm³/mol. The molecule has 0 spiro atoms. The molecule has 3 heteroatoms. The number of halogens is 2. The molecular weight excluding hydrogens is 245 g/mol. The number of nitrogens with one attached hydrogen (secondary N) is 1. The highest BCUT2D eigenvalue weighted by atomic mass is 79.9. The molecule has 0 aliphatic heterocycles. The second-order valence-corrected chi connectivity index (χ2v) is 4.67. The normalized spacial score (nSPS) is 11.8. The zero-order valence-electron chi connectivity index (χ0n) is 8.70. The standard InChI is InChI=1S/C11H15BrFN/c1-11(2,13)9-5-4-8(7-14-3)6-10(9)12/h4-6,14H,7H2,1-3H3. The van der Waals surface area contributed by atoms with Crippen molar-refractivity contribution in [3.8, 4) is 0 Å². The van der Waals surface area contributed by atoms with Crippen molar-refractivity contribution in [1.82, 2.24) is 5.32 Å². The molecule has 1 rings (SSSR count). The molecule has 0 atom stereocenters. The van der Waals surface area contributed by atoms with Crippen molar-refractivity contribution in [2.75, 3.05) is 7.05 Å². The molecular formula is C11H15BrFN. The Morgan fingerprint density at radius 1 is 1.43 bits per heavy atom. The SMILES string of the molecule is CNCc1ccc(C(C)(C)F)c(Br)c1. The molecule has 1 aromatic rings. The molecule has 0 aliphatic carbocycles. The van der Waals surface area contributed by atoms with E-state index in [2.05, 4.69) is 21.2 Å². The van der Waals surface area contributed by atoms with Gasteiger partial charge in [0.15, 0.2) is 0 Å². The van der Waals surface area contributed by atoms with Crippen LogP contribution in [-0.4, -0.2) is 7.05 Å².